The maximum atomic E-state index is 14.6. The maximum Gasteiger partial charge on any atom is 0.306 e. The van der Waals surface area contributed by atoms with Crippen molar-refractivity contribution >= 4 is 33.3 Å². The van der Waals surface area contributed by atoms with Gasteiger partial charge in [0.25, 0.3) is 0 Å². The maximum absolute atomic E-state index is 14.6. The van der Waals surface area contributed by atoms with Crippen LogP contribution in [0.4, 0.5) is 4.39 Å². The van der Waals surface area contributed by atoms with Crippen molar-refractivity contribution < 1.29 is 32.2 Å². The topological polar surface area (TPSA) is 101 Å². The summed E-state index contributed by atoms with van der Waals surface area (Å²) < 4.78 is 48.1. The first-order valence-corrected chi connectivity index (χ1v) is 16.5. The van der Waals surface area contributed by atoms with Gasteiger partial charge in [-0.25, -0.2) is 12.8 Å². The van der Waals surface area contributed by atoms with Crippen molar-refractivity contribution in [3.05, 3.63) is 94.3 Å². The molecular formula is C33H33ClFNO6S. The van der Waals surface area contributed by atoms with Crippen LogP contribution in [0.5, 0.6) is 5.75 Å². The molecule has 2 fully saturated rings. The number of hydrogen-bond donors (Lipinski definition) is 1. The van der Waals surface area contributed by atoms with E-state index in [0.29, 0.717) is 56.4 Å². The molecule has 1 amide bonds. The predicted octanol–water partition coefficient (Wildman–Crippen LogP) is 6.17. The molecule has 1 saturated heterocycles. The van der Waals surface area contributed by atoms with Crippen LogP contribution >= 0.6 is 11.6 Å². The number of carbonyl (C=O) groups excluding carboxylic acids is 1. The second-order valence-electron chi connectivity index (χ2n) is 11.7. The predicted molar refractivity (Wildman–Crippen MR) is 159 cm³/mol. The summed E-state index contributed by atoms with van der Waals surface area (Å²) in [7, 11) is -3.95. The van der Waals surface area contributed by atoms with Gasteiger partial charge in [0, 0.05) is 18.0 Å². The van der Waals surface area contributed by atoms with Gasteiger partial charge < -0.3 is 14.7 Å². The van der Waals surface area contributed by atoms with Gasteiger partial charge in [-0.05, 0) is 92.5 Å². The molecule has 3 aromatic carbocycles. The van der Waals surface area contributed by atoms with Crippen LogP contribution in [0.25, 0.3) is 0 Å². The number of amides is 1. The lowest BCUT2D eigenvalue weighted by Gasteiger charge is -2.43. The van der Waals surface area contributed by atoms with Gasteiger partial charge in [0.1, 0.15) is 22.9 Å². The van der Waals surface area contributed by atoms with E-state index < -0.39 is 38.3 Å². The summed E-state index contributed by atoms with van der Waals surface area (Å²) in [5.41, 5.74) is 1.73. The molecule has 1 N–H and O–H groups in total. The second-order valence-corrected chi connectivity index (χ2v) is 14.4. The lowest BCUT2D eigenvalue weighted by molar-refractivity contribution is -0.146. The quantitative estimate of drug-likeness (QED) is 0.337. The summed E-state index contributed by atoms with van der Waals surface area (Å²) in [6.07, 6.45) is 3.12. The molecule has 6 rings (SSSR count). The fourth-order valence-corrected chi connectivity index (χ4v) is 9.92. The number of carbonyl (C=O) groups is 2. The monoisotopic (exact) mass is 625 g/mol. The van der Waals surface area contributed by atoms with Crippen LogP contribution in [0, 0.1) is 17.7 Å². The van der Waals surface area contributed by atoms with Gasteiger partial charge in [0.2, 0.25) is 5.91 Å². The van der Waals surface area contributed by atoms with E-state index in [2.05, 4.69) is 0 Å². The van der Waals surface area contributed by atoms with Crippen molar-refractivity contribution in [2.75, 3.05) is 6.54 Å². The number of aryl methyl sites for hydroxylation is 1. The Bertz CT molecular complexity index is 1640. The minimum Gasteiger partial charge on any atom is -0.489 e. The molecule has 0 unspecified atom stereocenters. The minimum atomic E-state index is -3.95. The van der Waals surface area contributed by atoms with Crippen LogP contribution in [0.15, 0.2) is 71.6 Å². The molecule has 0 spiro atoms. The SMILES string of the molecule is O=C(O)[C@H]1CC[C@H](C(=O)N2CC[C@@]3(S(=O)(=O)c4ccccc4)c4ccc(OCc5c(F)cccc5Cl)cc4CC[C@@H]23)CC1. The highest BCUT2D eigenvalue weighted by Gasteiger charge is 2.61. The number of carboxylic acids is 1. The van der Waals surface area contributed by atoms with Crippen LogP contribution in [-0.4, -0.2) is 42.9 Å². The summed E-state index contributed by atoms with van der Waals surface area (Å²) in [4.78, 5) is 27.3. The second kappa shape index (κ2) is 11.6. The number of hydrogen-bond acceptors (Lipinski definition) is 5. The third-order valence-electron chi connectivity index (χ3n) is 9.54. The molecule has 2 atom stereocenters. The number of aliphatic carboxylic acids is 1. The summed E-state index contributed by atoms with van der Waals surface area (Å²) in [6.45, 7) is 0.227. The molecule has 3 aliphatic rings. The molecule has 0 radical (unpaired) electrons. The van der Waals surface area contributed by atoms with Crippen molar-refractivity contribution in [1.82, 2.24) is 4.90 Å². The van der Waals surface area contributed by atoms with Gasteiger partial charge in [-0.15, -0.1) is 0 Å². The Kier molecular flexibility index (Phi) is 7.98. The molecule has 1 aliphatic heterocycles. The molecule has 7 nitrogen and oxygen atoms in total. The number of ether oxygens (including phenoxy) is 1. The van der Waals surface area contributed by atoms with Crippen LogP contribution in [0.3, 0.4) is 0 Å². The van der Waals surface area contributed by atoms with Crippen molar-refractivity contribution in [3.63, 3.8) is 0 Å². The molecule has 43 heavy (non-hydrogen) atoms. The molecule has 1 saturated carbocycles. The Morgan fingerprint density at radius 3 is 2.40 bits per heavy atom. The van der Waals surface area contributed by atoms with Gasteiger partial charge in [-0.2, -0.15) is 0 Å². The molecule has 226 valence electrons. The third-order valence-corrected chi connectivity index (χ3v) is 12.4. The number of carboxylic acid groups (broad SMARTS) is 1. The fourth-order valence-electron chi connectivity index (χ4n) is 7.32. The van der Waals surface area contributed by atoms with Crippen molar-refractivity contribution in [2.24, 2.45) is 11.8 Å². The Labute approximate surface area is 255 Å². The van der Waals surface area contributed by atoms with Gasteiger partial charge in [0.05, 0.1) is 21.9 Å². The standard InChI is InChI=1S/C33H33ClFNO6S/c34-28-7-4-8-29(35)26(28)20-42-24-14-15-27-23(19-24)13-16-30-33(27,43(40,41)25-5-2-1-3-6-25)17-18-36(30)31(37)21-9-11-22(12-10-21)32(38)39/h1-8,14-15,19,21-22,30H,9-13,16-18,20H2,(H,38,39)/t21-,22-,30-,33-/m1/s1. The molecule has 3 aromatic rings. The number of halogens is 2. The van der Waals surface area contributed by atoms with Crippen molar-refractivity contribution in [3.8, 4) is 5.75 Å². The van der Waals surface area contributed by atoms with E-state index >= 15 is 0 Å². The van der Waals surface area contributed by atoms with Gasteiger partial charge >= 0.3 is 5.97 Å². The van der Waals surface area contributed by atoms with Crippen LogP contribution in [-0.2, 0) is 37.2 Å². The van der Waals surface area contributed by atoms with Crippen LogP contribution in [0.2, 0.25) is 5.02 Å². The Balaban J connectivity index is 1.34. The van der Waals surface area contributed by atoms with Crippen LogP contribution in [0.1, 0.15) is 55.2 Å². The zero-order chi connectivity index (χ0) is 30.4. The van der Waals surface area contributed by atoms with E-state index in [-0.39, 0.29) is 40.3 Å². The summed E-state index contributed by atoms with van der Waals surface area (Å²) in [5, 5.41) is 9.66. The number of benzene rings is 3. The number of rotatable bonds is 7. The number of sulfone groups is 1. The highest BCUT2D eigenvalue weighted by molar-refractivity contribution is 7.92. The van der Waals surface area contributed by atoms with E-state index in [1.807, 2.05) is 6.07 Å². The minimum absolute atomic E-state index is 0.0766. The van der Waals surface area contributed by atoms with Gasteiger partial charge in [-0.3, -0.25) is 9.59 Å². The lowest BCUT2D eigenvalue weighted by Crippen LogP contribution is -2.53. The highest BCUT2D eigenvalue weighted by Crippen LogP contribution is 2.53. The van der Waals surface area contributed by atoms with E-state index in [1.54, 1.807) is 53.4 Å². The molecule has 0 aromatic heterocycles. The highest BCUT2D eigenvalue weighted by atomic mass is 35.5. The first-order valence-electron chi connectivity index (χ1n) is 14.7. The Hall–Kier alpha value is -3.43. The first kappa shape index (κ1) is 29.6. The zero-order valence-corrected chi connectivity index (χ0v) is 25.1. The molecule has 1 heterocycles. The summed E-state index contributed by atoms with van der Waals surface area (Å²) >= 11 is 6.17. The normalized spacial score (nSPS) is 25.1. The summed E-state index contributed by atoms with van der Waals surface area (Å²) in [6, 6.07) is 17.6. The summed E-state index contributed by atoms with van der Waals surface area (Å²) in [5.74, 6) is -1.65. The van der Waals surface area contributed by atoms with Gasteiger partial charge in [-0.1, -0.05) is 41.9 Å². The smallest absolute Gasteiger partial charge is 0.306 e. The van der Waals surface area contributed by atoms with Crippen molar-refractivity contribution in [2.45, 2.75) is 67.2 Å². The molecule has 10 heteroatoms. The number of likely N-dealkylation sites (tertiary alicyclic amines) is 1. The van der Waals surface area contributed by atoms with Crippen molar-refractivity contribution in [1.29, 1.82) is 0 Å². The first-order chi connectivity index (χ1) is 20.6. The number of nitrogens with zero attached hydrogens (tertiary/aromatic N) is 1. The van der Waals surface area contributed by atoms with E-state index in [9.17, 15) is 27.5 Å². The molecular weight excluding hydrogens is 593 g/mol. The van der Waals surface area contributed by atoms with Gasteiger partial charge in [0.15, 0.2) is 9.84 Å². The lowest BCUT2D eigenvalue weighted by atomic mass is 9.77. The Morgan fingerprint density at radius 1 is 0.977 bits per heavy atom. The zero-order valence-electron chi connectivity index (χ0n) is 23.5. The largest absolute Gasteiger partial charge is 0.489 e. The fraction of sp³-hybridized carbons (Fsp3) is 0.394. The van der Waals surface area contributed by atoms with Crippen LogP contribution < -0.4 is 4.74 Å². The Morgan fingerprint density at radius 2 is 1.70 bits per heavy atom. The van der Waals surface area contributed by atoms with E-state index in [4.69, 9.17) is 16.3 Å². The molecule has 2 aliphatic carbocycles. The van der Waals surface area contributed by atoms with E-state index in [0.717, 1.165) is 5.56 Å². The average molecular weight is 626 g/mol. The third kappa shape index (κ3) is 5.10. The van der Waals surface area contributed by atoms with E-state index in [1.165, 1.54) is 12.1 Å². The average Bonchev–Trinajstić information content (AvgIpc) is 3.42. The molecule has 0 bridgehead atoms. The number of fused-ring (bicyclic) bond motifs is 3.